The number of hydrogen-bond donors (Lipinski definition) is 3. The highest BCUT2D eigenvalue weighted by molar-refractivity contribution is 5.83. The Labute approximate surface area is 207 Å². The van der Waals surface area contributed by atoms with Crippen molar-refractivity contribution in [1.82, 2.24) is 10.6 Å². The number of ether oxygens (including phenoxy) is 1. The molecule has 0 heterocycles. The lowest BCUT2D eigenvalue weighted by Gasteiger charge is -2.37. The zero-order valence-electron chi connectivity index (χ0n) is 22.8. The molecule has 1 saturated carbocycles. The van der Waals surface area contributed by atoms with E-state index in [0.717, 1.165) is 32.1 Å². The molecule has 1 aliphatic rings. The minimum absolute atomic E-state index is 0.112. The van der Waals surface area contributed by atoms with E-state index in [2.05, 4.69) is 45.3 Å². The van der Waals surface area contributed by atoms with Gasteiger partial charge in [-0.15, -0.1) is 0 Å². The predicted molar refractivity (Wildman–Crippen MR) is 135 cm³/mol. The maximum Gasteiger partial charge on any atom is 0.308 e. The number of nitrogens with one attached hydrogen (secondary N) is 2. The van der Waals surface area contributed by atoms with Gasteiger partial charge in [-0.1, -0.05) is 60.3 Å². The highest BCUT2D eigenvalue weighted by atomic mass is 16.5. The van der Waals surface area contributed by atoms with Crippen molar-refractivity contribution < 1.29 is 24.2 Å². The van der Waals surface area contributed by atoms with Crippen LogP contribution in [0.2, 0.25) is 0 Å². The standard InChI is InChI=1S/C27H50N2O5/c1-9-12-15-27(7,8)34-17-16-26(5,6)25(33)29-23-20(13-14-21(23)24(31)32)22(28-18(4)30)19(10-2)11-3/h19-23H,9-17H2,1-8H3,(H,28,30)(H,29,33)(H,31,32)/t20-,21+,22-,23+/m1/s1. The zero-order valence-corrected chi connectivity index (χ0v) is 22.8. The molecule has 0 saturated heterocycles. The van der Waals surface area contributed by atoms with E-state index in [9.17, 15) is 19.5 Å². The number of rotatable bonds is 15. The molecule has 0 aromatic rings. The van der Waals surface area contributed by atoms with Crippen LogP contribution < -0.4 is 10.6 Å². The van der Waals surface area contributed by atoms with E-state index in [1.165, 1.54) is 6.92 Å². The highest BCUT2D eigenvalue weighted by Crippen LogP contribution is 2.38. The van der Waals surface area contributed by atoms with Crippen LogP contribution in [0.15, 0.2) is 0 Å². The van der Waals surface area contributed by atoms with E-state index in [-0.39, 0.29) is 35.3 Å². The van der Waals surface area contributed by atoms with Crippen molar-refractivity contribution in [2.24, 2.45) is 23.2 Å². The Morgan fingerprint density at radius 2 is 1.65 bits per heavy atom. The van der Waals surface area contributed by atoms with Gasteiger partial charge in [0.2, 0.25) is 11.8 Å². The molecule has 7 heteroatoms. The van der Waals surface area contributed by atoms with Gasteiger partial charge < -0.3 is 20.5 Å². The fraction of sp³-hybridized carbons (Fsp3) is 0.889. The van der Waals surface area contributed by atoms with Crippen molar-refractivity contribution in [3.63, 3.8) is 0 Å². The normalized spacial score (nSPS) is 22.0. The second-order valence-corrected chi connectivity index (χ2v) is 11.3. The number of carboxylic acids is 1. The van der Waals surface area contributed by atoms with Crippen molar-refractivity contribution >= 4 is 17.8 Å². The van der Waals surface area contributed by atoms with Gasteiger partial charge in [-0.3, -0.25) is 14.4 Å². The van der Waals surface area contributed by atoms with Gasteiger partial charge in [-0.25, -0.2) is 0 Å². The lowest BCUT2D eigenvalue weighted by molar-refractivity contribution is -0.143. The lowest BCUT2D eigenvalue weighted by atomic mass is 9.80. The Balaban J connectivity index is 2.98. The summed E-state index contributed by atoms with van der Waals surface area (Å²) < 4.78 is 6.09. The topological polar surface area (TPSA) is 105 Å². The second kappa shape index (κ2) is 13.5. The molecule has 1 fully saturated rings. The monoisotopic (exact) mass is 482 g/mol. The Kier molecular flexibility index (Phi) is 12.0. The van der Waals surface area contributed by atoms with Crippen molar-refractivity contribution in [3.05, 3.63) is 0 Å². The van der Waals surface area contributed by atoms with Crippen LogP contribution in [0.5, 0.6) is 0 Å². The summed E-state index contributed by atoms with van der Waals surface area (Å²) in [7, 11) is 0. The third-order valence-electron chi connectivity index (χ3n) is 7.68. The van der Waals surface area contributed by atoms with Crippen molar-refractivity contribution in [2.75, 3.05) is 6.61 Å². The molecular weight excluding hydrogens is 432 g/mol. The molecular formula is C27H50N2O5. The molecule has 2 amide bonds. The first-order valence-electron chi connectivity index (χ1n) is 13.2. The van der Waals surface area contributed by atoms with Crippen LogP contribution in [0.4, 0.5) is 0 Å². The van der Waals surface area contributed by atoms with E-state index in [0.29, 0.717) is 25.9 Å². The molecule has 3 N–H and O–H groups in total. The quantitative estimate of drug-likeness (QED) is 0.307. The van der Waals surface area contributed by atoms with E-state index in [4.69, 9.17) is 4.74 Å². The van der Waals surface area contributed by atoms with Gasteiger partial charge in [0.05, 0.1) is 11.5 Å². The molecule has 0 aliphatic heterocycles. The molecule has 0 aromatic carbocycles. The van der Waals surface area contributed by atoms with Crippen LogP contribution in [0.3, 0.4) is 0 Å². The number of carbonyl (C=O) groups excluding carboxylic acids is 2. The van der Waals surface area contributed by atoms with Gasteiger partial charge in [0, 0.05) is 36.9 Å². The minimum Gasteiger partial charge on any atom is -0.481 e. The lowest BCUT2D eigenvalue weighted by Crippen LogP contribution is -2.55. The molecule has 0 spiro atoms. The van der Waals surface area contributed by atoms with E-state index in [1.54, 1.807) is 0 Å². The Hall–Kier alpha value is -1.63. The molecule has 198 valence electrons. The number of carbonyl (C=O) groups is 3. The van der Waals surface area contributed by atoms with Gasteiger partial charge in [-0.2, -0.15) is 0 Å². The van der Waals surface area contributed by atoms with Gasteiger partial charge in [0.15, 0.2) is 0 Å². The van der Waals surface area contributed by atoms with Gasteiger partial charge in [0.1, 0.15) is 0 Å². The highest BCUT2D eigenvalue weighted by Gasteiger charge is 2.47. The average Bonchev–Trinajstić information content (AvgIpc) is 3.15. The molecule has 0 unspecified atom stereocenters. The number of carboxylic acid groups (broad SMARTS) is 1. The third-order valence-corrected chi connectivity index (χ3v) is 7.68. The van der Waals surface area contributed by atoms with Crippen LogP contribution in [0.25, 0.3) is 0 Å². The van der Waals surface area contributed by atoms with Crippen LogP contribution >= 0.6 is 0 Å². The van der Waals surface area contributed by atoms with Crippen molar-refractivity contribution in [3.8, 4) is 0 Å². The molecule has 0 bridgehead atoms. The van der Waals surface area contributed by atoms with Crippen LogP contribution in [-0.4, -0.2) is 47.2 Å². The molecule has 0 radical (unpaired) electrons. The summed E-state index contributed by atoms with van der Waals surface area (Å²) in [6.07, 6.45) is 6.66. The second-order valence-electron chi connectivity index (χ2n) is 11.3. The van der Waals surface area contributed by atoms with E-state index in [1.807, 2.05) is 13.8 Å². The van der Waals surface area contributed by atoms with Gasteiger partial charge in [-0.05, 0) is 45.4 Å². The smallest absolute Gasteiger partial charge is 0.308 e. The first kappa shape index (κ1) is 30.4. The van der Waals surface area contributed by atoms with Crippen LogP contribution in [0.1, 0.15) is 107 Å². The predicted octanol–water partition coefficient (Wildman–Crippen LogP) is 4.92. The zero-order chi connectivity index (χ0) is 26.1. The summed E-state index contributed by atoms with van der Waals surface area (Å²) >= 11 is 0. The molecule has 4 atom stereocenters. The van der Waals surface area contributed by atoms with Gasteiger partial charge in [0.25, 0.3) is 0 Å². The summed E-state index contributed by atoms with van der Waals surface area (Å²) in [5.41, 5.74) is -0.927. The summed E-state index contributed by atoms with van der Waals surface area (Å²) in [6, 6.07) is -0.670. The Morgan fingerprint density at radius 1 is 1.03 bits per heavy atom. The third kappa shape index (κ3) is 8.86. The SMILES string of the molecule is CCCCC(C)(C)OCCC(C)(C)C(=O)N[C@H]1[C@@H]([C@H](NC(C)=O)C(CC)CC)CC[C@@H]1C(=O)O. The molecule has 0 aromatic heterocycles. The maximum absolute atomic E-state index is 13.4. The average molecular weight is 483 g/mol. The maximum atomic E-state index is 13.4. The molecule has 7 nitrogen and oxygen atoms in total. The number of amides is 2. The number of unbranched alkanes of at least 4 members (excludes halogenated alkanes) is 1. The fourth-order valence-corrected chi connectivity index (χ4v) is 5.24. The first-order valence-corrected chi connectivity index (χ1v) is 13.2. The fourth-order valence-electron chi connectivity index (χ4n) is 5.24. The molecule has 1 rings (SSSR count). The van der Waals surface area contributed by atoms with Crippen molar-refractivity contribution in [2.45, 2.75) is 124 Å². The summed E-state index contributed by atoms with van der Waals surface area (Å²) in [5, 5.41) is 16.1. The summed E-state index contributed by atoms with van der Waals surface area (Å²) in [5.74, 6) is -1.70. The summed E-state index contributed by atoms with van der Waals surface area (Å²) in [6.45, 7) is 16.2. The summed E-state index contributed by atoms with van der Waals surface area (Å²) in [4.78, 5) is 37.4. The molecule has 34 heavy (non-hydrogen) atoms. The largest absolute Gasteiger partial charge is 0.481 e. The van der Waals surface area contributed by atoms with Crippen LogP contribution in [-0.2, 0) is 19.1 Å². The van der Waals surface area contributed by atoms with Crippen LogP contribution in [0, 0.1) is 23.2 Å². The van der Waals surface area contributed by atoms with E-state index >= 15 is 0 Å². The van der Waals surface area contributed by atoms with Gasteiger partial charge >= 0.3 is 5.97 Å². The number of aliphatic carboxylic acids is 1. The Morgan fingerprint density at radius 3 is 2.15 bits per heavy atom. The molecule has 1 aliphatic carbocycles. The Bertz CT molecular complexity index is 672. The number of hydrogen-bond acceptors (Lipinski definition) is 4. The minimum atomic E-state index is -0.891. The van der Waals surface area contributed by atoms with E-state index < -0.39 is 23.3 Å². The van der Waals surface area contributed by atoms with Crippen molar-refractivity contribution in [1.29, 1.82) is 0 Å². The first-order chi connectivity index (χ1) is 15.8.